The monoisotopic (exact) mass is 212 g/mol. The molecule has 7 heavy (non-hydrogen) atoms. The summed E-state index contributed by atoms with van der Waals surface area (Å²) in [5.74, 6) is 0. The molecule has 0 aliphatic carbocycles. The minimum atomic E-state index is 0.269. The van der Waals surface area contributed by atoms with Gasteiger partial charge in [0.1, 0.15) is 0 Å². The van der Waals surface area contributed by atoms with Crippen molar-refractivity contribution >= 4 is 22.6 Å². The minimum Gasteiger partial charge on any atom is -0.396 e. The molecular formula is C5H9IO. The second kappa shape index (κ2) is 4.59. The smallest absolute Gasteiger partial charge is 0.0468 e. The summed E-state index contributed by atoms with van der Waals surface area (Å²) in [6.07, 6.45) is 0.808. The first-order valence-electron chi connectivity index (χ1n) is 2.18. The van der Waals surface area contributed by atoms with Crippen LogP contribution in [0, 0.1) is 0 Å². The first-order valence-corrected chi connectivity index (χ1v) is 3.42. The maximum Gasteiger partial charge on any atom is 0.0468 e. The van der Waals surface area contributed by atoms with Crippen LogP contribution in [0.3, 0.4) is 0 Å². The Morgan fingerprint density at radius 3 is 2.57 bits per heavy atom. The van der Waals surface area contributed by atoms with E-state index in [2.05, 4.69) is 22.6 Å². The molecule has 0 bridgehead atoms. The fraction of sp³-hybridized carbons (Fsp3) is 0.600. The molecule has 0 radical (unpaired) electrons. The molecule has 42 valence electrons. The van der Waals surface area contributed by atoms with Crippen LogP contribution in [0.5, 0.6) is 0 Å². The van der Waals surface area contributed by atoms with Crippen LogP contribution >= 0.6 is 22.6 Å². The van der Waals surface area contributed by atoms with Crippen molar-refractivity contribution in [2.75, 3.05) is 6.61 Å². The number of halogens is 1. The Labute approximate surface area is 57.6 Å². The molecule has 2 heteroatoms. The van der Waals surface area contributed by atoms with Crippen LogP contribution in [-0.2, 0) is 0 Å². The molecule has 0 saturated carbocycles. The van der Waals surface area contributed by atoms with E-state index >= 15 is 0 Å². The zero-order valence-corrected chi connectivity index (χ0v) is 6.47. The quantitative estimate of drug-likeness (QED) is 0.690. The van der Waals surface area contributed by atoms with Crippen LogP contribution in [0.2, 0.25) is 0 Å². The summed E-state index contributed by atoms with van der Waals surface area (Å²) >= 11 is 2.16. The van der Waals surface area contributed by atoms with Crippen molar-refractivity contribution in [3.63, 3.8) is 0 Å². The molecule has 0 aromatic heterocycles. The molecule has 0 aliphatic rings. The van der Waals surface area contributed by atoms with Gasteiger partial charge in [0.15, 0.2) is 0 Å². The highest BCUT2D eigenvalue weighted by Crippen LogP contribution is 2.00. The lowest BCUT2D eigenvalue weighted by Crippen LogP contribution is -1.80. The van der Waals surface area contributed by atoms with Gasteiger partial charge in [0, 0.05) is 6.61 Å². The predicted molar refractivity (Wildman–Crippen MR) is 39.5 cm³/mol. The van der Waals surface area contributed by atoms with Crippen LogP contribution < -0.4 is 0 Å². The maximum absolute atomic E-state index is 8.32. The van der Waals surface area contributed by atoms with Crippen molar-refractivity contribution in [3.05, 3.63) is 9.66 Å². The first-order chi connectivity index (χ1) is 3.31. The summed E-state index contributed by atoms with van der Waals surface area (Å²) in [5, 5.41) is 8.32. The highest BCUT2D eigenvalue weighted by molar-refractivity contribution is 14.1. The molecule has 1 N–H and O–H groups in total. The molecule has 0 aromatic carbocycles. The van der Waals surface area contributed by atoms with E-state index in [1.165, 1.54) is 5.57 Å². The second-order valence-corrected chi connectivity index (χ2v) is 2.05. The van der Waals surface area contributed by atoms with Crippen molar-refractivity contribution in [2.45, 2.75) is 13.3 Å². The Kier molecular flexibility index (Phi) is 4.87. The van der Waals surface area contributed by atoms with Crippen molar-refractivity contribution in [1.29, 1.82) is 0 Å². The third-order valence-electron chi connectivity index (χ3n) is 0.692. The van der Waals surface area contributed by atoms with E-state index in [0.29, 0.717) is 0 Å². The summed E-state index contributed by atoms with van der Waals surface area (Å²) in [6, 6.07) is 0. The molecule has 0 unspecified atom stereocenters. The van der Waals surface area contributed by atoms with Gasteiger partial charge in [-0.2, -0.15) is 0 Å². The molecule has 0 aromatic rings. The van der Waals surface area contributed by atoms with E-state index in [1.54, 1.807) is 0 Å². The fourth-order valence-electron chi connectivity index (χ4n) is 0.231. The van der Waals surface area contributed by atoms with Crippen LogP contribution in [0.1, 0.15) is 13.3 Å². The van der Waals surface area contributed by atoms with Gasteiger partial charge >= 0.3 is 0 Å². The average molecular weight is 212 g/mol. The highest BCUT2D eigenvalue weighted by atomic mass is 127. The zero-order chi connectivity index (χ0) is 5.70. The predicted octanol–water partition coefficient (Wildman–Crippen LogP) is 1.71. The summed E-state index contributed by atoms with van der Waals surface area (Å²) in [7, 11) is 0. The third kappa shape index (κ3) is 4.28. The van der Waals surface area contributed by atoms with E-state index in [9.17, 15) is 0 Å². The molecule has 0 saturated heterocycles. The van der Waals surface area contributed by atoms with Crippen molar-refractivity contribution in [3.8, 4) is 0 Å². The summed E-state index contributed by atoms with van der Waals surface area (Å²) < 4.78 is 1.98. The normalized spacial score (nSPS) is 12.1. The van der Waals surface area contributed by atoms with E-state index < -0.39 is 0 Å². The maximum atomic E-state index is 8.32. The topological polar surface area (TPSA) is 20.2 Å². The number of aliphatic hydroxyl groups is 1. The van der Waals surface area contributed by atoms with E-state index in [4.69, 9.17) is 5.11 Å². The molecule has 0 fully saturated rings. The summed E-state index contributed by atoms with van der Waals surface area (Å²) in [6.45, 7) is 2.27. The molecule has 0 atom stereocenters. The first kappa shape index (κ1) is 7.43. The fourth-order valence-corrected chi connectivity index (χ4v) is 0.542. The lowest BCUT2D eigenvalue weighted by atomic mass is 10.3. The van der Waals surface area contributed by atoms with Crippen molar-refractivity contribution in [2.24, 2.45) is 0 Å². The van der Waals surface area contributed by atoms with Crippen LogP contribution in [-0.4, -0.2) is 11.7 Å². The van der Waals surface area contributed by atoms with Crippen LogP contribution in [0.4, 0.5) is 0 Å². The van der Waals surface area contributed by atoms with Gasteiger partial charge in [-0.25, -0.2) is 0 Å². The largest absolute Gasteiger partial charge is 0.396 e. The SMILES string of the molecule is C/C(=C/I)CCO. The van der Waals surface area contributed by atoms with E-state index in [1.807, 2.05) is 11.0 Å². The van der Waals surface area contributed by atoms with Gasteiger partial charge in [-0.3, -0.25) is 0 Å². The van der Waals surface area contributed by atoms with Gasteiger partial charge in [0.05, 0.1) is 0 Å². The number of hydrogen-bond donors (Lipinski definition) is 1. The van der Waals surface area contributed by atoms with Gasteiger partial charge in [0.25, 0.3) is 0 Å². The molecule has 0 heterocycles. The number of rotatable bonds is 2. The summed E-state index contributed by atoms with van der Waals surface area (Å²) in [4.78, 5) is 0. The second-order valence-electron chi connectivity index (χ2n) is 1.43. The molecule has 0 rings (SSSR count). The number of hydrogen-bond acceptors (Lipinski definition) is 1. The lowest BCUT2D eigenvalue weighted by Gasteiger charge is -1.89. The van der Waals surface area contributed by atoms with E-state index in [0.717, 1.165) is 6.42 Å². The van der Waals surface area contributed by atoms with Crippen molar-refractivity contribution < 1.29 is 5.11 Å². The summed E-state index contributed by atoms with van der Waals surface area (Å²) in [5.41, 5.74) is 1.24. The molecule has 0 aliphatic heterocycles. The average Bonchev–Trinajstić information content (AvgIpc) is 1.68. The van der Waals surface area contributed by atoms with Crippen LogP contribution in [0.15, 0.2) is 9.66 Å². The Morgan fingerprint density at radius 1 is 1.86 bits per heavy atom. The van der Waals surface area contributed by atoms with Crippen molar-refractivity contribution in [1.82, 2.24) is 0 Å². The Bertz CT molecular complexity index is 68.5. The van der Waals surface area contributed by atoms with Gasteiger partial charge in [-0.05, 0) is 17.4 Å². The standard InChI is InChI=1S/C5H9IO/c1-5(4-6)2-3-7/h4,7H,2-3H2,1H3/b5-4-. The number of aliphatic hydroxyl groups excluding tert-OH is 1. The Hall–Kier alpha value is 0.430. The Morgan fingerprint density at radius 2 is 2.43 bits per heavy atom. The zero-order valence-electron chi connectivity index (χ0n) is 4.32. The van der Waals surface area contributed by atoms with Gasteiger partial charge in [-0.1, -0.05) is 28.2 Å². The Balaban J connectivity index is 3.17. The minimum absolute atomic E-state index is 0.269. The molecule has 1 nitrogen and oxygen atoms in total. The third-order valence-corrected chi connectivity index (χ3v) is 1.76. The molecule has 0 spiro atoms. The van der Waals surface area contributed by atoms with Gasteiger partial charge in [0.2, 0.25) is 0 Å². The van der Waals surface area contributed by atoms with Crippen LogP contribution in [0.25, 0.3) is 0 Å². The highest BCUT2D eigenvalue weighted by Gasteiger charge is 1.81. The lowest BCUT2D eigenvalue weighted by molar-refractivity contribution is 0.299. The van der Waals surface area contributed by atoms with Gasteiger partial charge < -0.3 is 5.11 Å². The van der Waals surface area contributed by atoms with E-state index in [-0.39, 0.29) is 6.61 Å². The molecule has 0 amide bonds. The molecular weight excluding hydrogens is 203 g/mol. The van der Waals surface area contributed by atoms with Gasteiger partial charge in [-0.15, -0.1) is 0 Å².